The molecule has 0 spiro atoms. The summed E-state index contributed by atoms with van der Waals surface area (Å²) in [6.45, 7) is 1.39. The van der Waals surface area contributed by atoms with Crippen LogP contribution in [0.1, 0.15) is 41.1 Å². The van der Waals surface area contributed by atoms with Gasteiger partial charge in [-0.3, -0.25) is 9.59 Å². The third-order valence-corrected chi connectivity index (χ3v) is 5.36. The molecular formula is C21H20F2N2O2. The molecule has 4 rings (SSSR count). The van der Waals surface area contributed by atoms with Crippen molar-refractivity contribution in [1.82, 2.24) is 4.90 Å². The molecule has 4 nitrogen and oxygen atoms in total. The molecule has 0 aliphatic carbocycles. The zero-order valence-corrected chi connectivity index (χ0v) is 14.8. The molecule has 0 N–H and O–H groups in total. The van der Waals surface area contributed by atoms with Crippen molar-refractivity contribution in [1.29, 1.82) is 0 Å². The largest absolute Gasteiger partial charge is 0.338 e. The van der Waals surface area contributed by atoms with Crippen molar-refractivity contribution >= 4 is 17.5 Å². The van der Waals surface area contributed by atoms with Crippen LogP contribution in [0.5, 0.6) is 0 Å². The van der Waals surface area contributed by atoms with Crippen molar-refractivity contribution in [2.24, 2.45) is 0 Å². The van der Waals surface area contributed by atoms with Crippen LogP contribution in [0.25, 0.3) is 0 Å². The maximum absolute atomic E-state index is 14.0. The highest BCUT2D eigenvalue weighted by atomic mass is 19.1. The predicted octanol–water partition coefficient (Wildman–Crippen LogP) is 3.72. The molecule has 2 aliphatic rings. The highest BCUT2D eigenvalue weighted by Gasteiger charge is 2.31. The van der Waals surface area contributed by atoms with Gasteiger partial charge < -0.3 is 9.80 Å². The molecule has 2 aromatic rings. The summed E-state index contributed by atoms with van der Waals surface area (Å²) in [5, 5.41) is 0. The number of carbonyl (C=O) groups excluding carboxylic acids is 2. The smallest absolute Gasteiger partial charge is 0.253 e. The standard InChI is InChI=1S/C21H20F2N2O2/c22-17-6-2-7-18(23)20(17)15-9-11-24(13-15)21(27)14-4-1-5-16(12-14)25-10-3-8-19(25)26/h1-2,4-7,12,15H,3,8-11,13H2/t15-/m1/s1. The average molecular weight is 370 g/mol. The lowest BCUT2D eigenvalue weighted by Gasteiger charge is -2.20. The first-order valence-electron chi connectivity index (χ1n) is 9.18. The number of likely N-dealkylation sites (tertiary alicyclic amines) is 1. The Morgan fingerprint density at radius 1 is 1.04 bits per heavy atom. The van der Waals surface area contributed by atoms with E-state index in [1.165, 1.54) is 18.2 Å². The first-order chi connectivity index (χ1) is 13.0. The molecule has 0 aromatic heterocycles. The summed E-state index contributed by atoms with van der Waals surface area (Å²) in [6, 6.07) is 10.9. The molecule has 0 radical (unpaired) electrons. The number of halogens is 2. The van der Waals surface area contributed by atoms with E-state index in [-0.39, 0.29) is 29.8 Å². The molecule has 1 atom stereocenters. The summed E-state index contributed by atoms with van der Waals surface area (Å²) in [6.07, 6.45) is 1.87. The Balaban J connectivity index is 1.52. The van der Waals surface area contributed by atoms with E-state index in [2.05, 4.69) is 0 Å². The van der Waals surface area contributed by atoms with Gasteiger partial charge in [-0.05, 0) is 43.2 Å². The summed E-state index contributed by atoms with van der Waals surface area (Å²) < 4.78 is 28.1. The Hall–Kier alpha value is -2.76. The van der Waals surface area contributed by atoms with Gasteiger partial charge >= 0.3 is 0 Å². The number of hydrogen-bond donors (Lipinski definition) is 0. The zero-order chi connectivity index (χ0) is 19.0. The third-order valence-electron chi connectivity index (χ3n) is 5.36. The minimum absolute atomic E-state index is 0.0595. The Labute approximate surface area is 156 Å². The van der Waals surface area contributed by atoms with E-state index >= 15 is 0 Å². The van der Waals surface area contributed by atoms with Gasteiger partial charge in [0.25, 0.3) is 5.91 Å². The molecular weight excluding hydrogens is 350 g/mol. The molecule has 6 heteroatoms. The van der Waals surface area contributed by atoms with Crippen LogP contribution in [0.3, 0.4) is 0 Å². The molecule has 2 amide bonds. The van der Waals surface area contributed by atoms with Crippen LogP contribution < -0.4 is 4.90 Å². The van der Waals surface area contributed by atoms with E-state index < -0.39 is 11.6 Å². The van der Waals surface area contributed by atoms with Crippen molar-refractivity contribution in [2.75, 3.05) is 24.5 Å². The quantitative estimate of drug-likeness (QED) is 0.826. The van der Waals surface area contributed by atoms with Crippen molar-refractivity contribution < 1.29 is 18.4 Å². The van der Waals surface area contributed by atoms with Gasteiger partial charge in [-0.25, -0.2) is 8.78 Å². The minimum atomic E-state index is -0.566. The van der Waals surface area contributed by atoms with E-state index in [4.69, 9.17) is 0 Å². The summed E-state index contributed by atoms with van der Waals surface area (Å²) in [4.78, 5) is 28.1. The first-order valence-corrected chi connectivity index (χ1v) is 9.18. The van der Waals surface area contributed by atoms with Gasteiger partial charge in [-0.15, -0.1) is 0 Å². The molecule has 2 aromatic carbocycles. The molecule has 0 saturated carbocycles. The van der Waals surface area contributed by atoms with E-state index in [0.717, 1.165) is 12.1 Å². The highest BCUT2D eigenvalue weighted by Crippen LogP contribution is 2.32. The number of rotatable bonds is 3. The third kappa shape index (κ3) is 3.31. The Morgan fingerprint density at radius 3 is 2.48 bits per heavy atom. The summed E-state index contributed by atoms with van der Waals surface area (Å²) >= 11 is 0. The van der Waals surface area contributed by atoms with Crippen LogP contribution >= 0.6 is 0 Å². The second kappa shape index (κ2) is 7.10. The fraction of sp³-hybridized carbons (Fsp3) is 0.333. The van der Waals surface area contributed by atoms with Crippen molar-refractivity contribution in [2.45, 2.75) is 25.2 Å². The lowest BCUT2D eigenvalue weighted by molar-refractivity contribution is -0.117. The molecule has 0 unspecified atom stereocenters. The molecule has 2 aliphatic heterocycles. The van der Waals surface area contributed by atoms with E-state index in [0.29, 0.717) is 31.5 Å². The van der Waals surface area contributed by atoms with Crippen molar-refractivity contribution in [3.63, 3.8) is 0 Å². The summed E-state index contributed by atoms with van der Waals surface area (Å²) in [5.41, 5.74) is 1.27. The fourth-order valence-electron chi connectivity index (χ4n) is 3.99. The molecule has 2 heterocycles. The van der Waals surface area contributed by atoms with Gasteiger partial charge in [0, 0.05) is 48.8 Å². The number of carbonyl (C=O) groups is 2. The van der Waals surface area contributed by atoms with Gasteiger partial charge in [0.05, 0.1) is 0 Å². The van der Waals surface area contributed by atoms with Crippen LogP contribution in [-0.4, -0.2) is 36.3 Å². The lowest BCUT2D eigenvalue weighted by atomic mass is 9.97. The topological polar surface area (TPSA) is 40.6 Å². The van der Waals surface area contributed by atoms with Gasteiger partial charge in [0.15, 0.2) is 0 Å². The summed E-state index contributed by atoms with van der Waals surface area (Å²) in [5.74, 6) is -1.59. The number of anilines is 1. The SMILES string of the molecule is O=C(c1cccc(N2CCCC2=O)c1)N1CC[C@@H](c2c(F)cccc2F)C1. The Bertz CT molecular complexity index is 879. The molecule has 2 fully saturated rings. The van der Waals surface area contributed by atoms with E-state index in [1.807, 2.05) is 6.07 Å². The summed E-state index contributed by atoms with van der Waals surface area (Å²) in [7, 11) is 0. The van der Waals surface area contributed by atoms with Gasteiger partial charge in [-0.1, -0.05) is 12.1 Å². The molecule has 0 bridgehead atoms. The van der Waals surface area contributed by atoms with Crippen LogP contribution in [0, 0.1) is 11.6 Å². The van der Waals surface area contributed by atoms with Gasteiger partial charge in [0.1, 0.15) is 11.6 Å². The van der Waals surface area contributed by atoms with Crippen molar-refractivity contribution in [3.8, 4) is 0 Å². The second-order valence-electron chi connectivity index (χ2n) is 7.07. The normalized spacial score (nSPS) is 19.8. The average Bonchev–Trinajstić information content (AvgIpc) is 3.30. The number of nitrogens with zero attached hydrogens (tertiary/aromatic N) is 2. The Kier molecular flexibility index (Phi) is 4.64. The maximum atomic E-state index is 14.0. The first kappa shape index (κ1) is 17.6. The molecule has 2 saturated heterocycles. The minimum Gasteiger partial charge on any atom is -0.338 e. The number of amides is 2. The van der Waals surface area contributed by atoms with E-state index in [9.17, 15) is 18.4 Å². The van der Waals surface area contributed by atoms with Crippen LogP contribution in [0.15, 0.2) is 42.5 Å². The zero-order valence-electron chi connectivity index (χ0n) is 14.8. The Morgan fingerprint density at radius 2 is 1.78 bits per heavy atom. The van der Waals surface area contributed by atoms with Crippen LogP contribution in [-0.2, 0) is 4.79 Å². The fourth-order valence-corrected chi connectivity index (χ4v) is 3.99. The predicted molar refractivity (Wildman–Crippen MR) is 97.6 cm³/mol. The van der Waals surface area contributed by atoms with Crippen LogP contribution in [0.4, 0.5) is 14.5 Å². The van der Waals surface area contributed by atoms with Crippen molar-refractivity contribution in [3.05, 3.63) is 65.2 Å². The molecule has 27 heavy (non-hydrogen) atoms. The second-order valence-corrected chi connectivity index (χ2v) is 7.07. The number of hydrogen-bond acceptors (Lipinski definition) is 2. The van der Waals surface area contributed by atoms with Gasteiger partial charge in [0.2, 0.25) is 5.91 Å². The highest BCUT2D eigenvalue weighted by molar-refractivity contribution is 5.99. The van der Waals surface area contributed by atoms with E-state index in [1.54, 1.807) is 28.0 Å². The maximum Gasteiger partial charge on any atom is 0.253 e. The molecule has 140 valence electrons. The lowest BCUT2D eigenvalue weighted by Crippen LogP contribution is -2.29. The monoisotopic (exact) mass is 370 g/mol. The number of benzene rings is 2. The van der Waals surface area contributed by atoms with Gasteiger partial charge in [-0.2, -0.15) is 0 Å². The van der Waals surface area contributed by atoms with Crippen LogP contribution in [0.2, 0.25) is 0 Å².